The predicted molar refractivity (Wildman–Crippen MR) is 110 cm³/mol. The normalized spacial score (nSPS) is 15.0. The van der Waals surface area contributed by atoms with Crippen LogP contribution in [0.5, 0.6) is 0 Å². The van der Waals surface area contributed by atoms with Crippen LogP contribution in [0.25, 0.3) is 22.3 Å². The van der Waals surface area contributed by atoms with Crippen LogP contribution in [0.3, 0.4) is 0 Å². The van der Waals surface area contributed by atoms with Gasteiger partial charge in [0.05, 0.1) is 16.7 Å². The summed E-state index contributed by atoms with van der Waals surface area (Å²) in [4.78, 5) is 24.9. The number of halogens is 3. The largest absolute Gasteiger partial charge is 0.490 e. The number of nitrogens with zero attached hydrogens (tertiary/aromatic N) is 5. The minimum Gasteiger partial charge on any atom is -0.475 e. The molecule has 4 rings (SSSR count). The number of nitrogens with two attached hydrogens (primary N) is 1. The van der Waals surface area contributed by atoms with Crippen LogP contribution in [0.2, 0.25) is 0 Å². The first-order valence-corrected chi connectivity index (χ1v) is 9.63. The van der Waals surface area contributed by atoms with Crippen molar-refractivity contribution in [3.05, 3.63) is 36.3 Å². The highest BCUT2D eigenvalue weighted by Gasteiger charge is 2.38. The zero-order valence-corrected chi connectivity index (χ0v) is 17.1. The maximum Gasteiger partial charge on any atom is 0.490 e. The van der Waals surface area contributed by atoms with E-state index in [1.165, 1.54) is 0 Å². The van der Waals surface area contributed by atoms with Gasteiger partial charge < -0.3 is 20.3 Å². The average molecular weight is 436 g/mol. The molecule has 0 bridgehead atoms. The highest BCUT2D eigenvalue weighted by Crippen LogP contribution is 2.25. The molecule has 1 aliphatic heterocycles. The number of hydrogen-bond donors (Lipinski definition) is 2. The highest BCUT2D eigenvalue weighted by molar-refractivity contribution is 5.82. The summed E-state index contributed by atoms with van der Waals surface area (Å²) in [5.41, 5.74) is 10.1. The summed E-state index contributed by atoms with van der Waals surface area (Å²) in [6, 6.07) is 8.56. The Kier molecular flexibility index (Phi) is 6.44. The van der Waals surface area contributed by atoms with Crippen molar-refractivity contribution in [2.24, 2.45) is 12.8 Å². The fourth-order valence-electron chi connectivity index (χ4n) is 3.24. The number of imidazole rings is 1. The van der Waals surface area contributed by atoms with Gasteiger partial charge in [-0.05, 0) is 38.0 Å². The molecule has 0 atom stereocenters. The second-order valence-corrected chi connectivity index (χ2v) is 7.29. The molecule has 166 valence electrons. The van der Waals surface area contributed by atoms with E-state index in [4.69, 9.17) is 20.6 Å². The molecule has 0 radical (unpaired) electrons. The van der Waals surface area contributed by atoms with Gasteiger partial charge in [0.1, 0.15) is 5.82 Å². The van der Waals surface area contributed by atoms with E-state index in [1.807, 2.05) is 26.2 Å². The van der Waals surface area contributed by atoms with Crippen LogP contribution in [0.1, 0.15) is 18.7 Å². The van der Waals surface area contributed by atoms with Gasteiger partial charge in [-0.25, -0.2) is 19.7 Å². The Morgan fingerprint density at radius 2 is 1.84 bits per heavy atom. The number of benzene rings is 1. The van der Waals surface area contributed by atoms with Gasteiger partial charge in [-0.1, -0.05) is 6.07 Å². The second kappa shape index (κ2) is 8.88. The minimum atomic E-state index is -5.08. The number of aliphatic carboxylic acids is 1. The van der Waals surface area contributed by atoms with Gasteiger partial charge in [0, 0.05) is 37.9 Å². The van der Waals surface area contributed by atoms with Crippen molar-refractivity contribution in [3.8, 4) is 11.3 Å². The minimum absolute atomic E-state index is 0.305. The molecule has 11 heteroatoms. The van der Waals surface area contributed by atoms with Crippen molar-refractivity contribution in [1.82, 2.24) is 19.5 Å². The lowest BCUT2D eigenvalue weighted by Gasteiger charge is -2.30. The van der Waals surface area contributed by atoms with Crippen LogP contribution in [-0.2, 0) is 11.8 Å². The fraction of sp³-hybridized carbons (Fsp3) is 0.400. The standard InChI is InChI=1S/C18H22N6.C2HF3O2/c1-12-21-16-11-13(3-4-17(16)23(12)2)15-5-8-20-18(22-15)24-9-6-14(19)7-10-24;3-2(4,5)1(6)7/h3-5,8,11,14H,6-7,9-10,19H2,1-2H3;(H,6,7). The monoisotopic (exact) mass is 436 g/mol. The molecule has 2 aromatic heterocycles. The molecule has 1 aromatic carbocycles. The Labute approximate surface area is 176 Å². The number of carboxylic acids is 1. The third-order valence-corrected chi connectivity index (χ3v) is 5.11. The first-order chi connectivity index (χ1) is 14.6. The summed E-state index contributed by atoms with van der Waals surface area (Å²) in [6.45, 7) is 3.86. The molecule has 0 aliphatic carbocycles. The molecule has 1 aliphatic rings. The predicted octanol–water partition coefficient (Wildman–Crippen LogP) is 2.90. The van der Waals surface area contributed by atoms with Crippen LogP contribution < -0.4 is 10.6 Å². The molecule has 31 heavy (non-hydrogen) atoms. The quantitative estimate of drug-likeness (QED) is 0.636. The summed E-state index contributed by atoms with van der Waals surface area (Å²) >= 11 is 0. The Morgan fingerprint density at radius 3 is 2.45 bits per heavy atom. The maximum absolute atomic E-state index is 10.6. The summed E-state index contributed by atoms with van der Waals surface area (Å²) < 4.78 is 33.8. The summed E-state index contributed by atoms with van der Waals surface area (Å²) in [5.74, 6) is -0.959. The number of carbonyl (C=O) groups is 1. The number of hydrogen-bond acceptors (Lipinski definition) is 6. The van der Waals surface area contributed by atoms with Crippen molar-refractivity contribution in [2.75, 3.05) is 18.0 Å². The van der Waals surface area contributed by atoms with Crippen molar-refractivity contribution in [2.45, 2.75) is 32.0 Å². The van der Waals surface area contributed by atoms with Gasteiger partial charge in [0.2, 0.25) is 5.95 Å². The molecule has 0 amide bonds. The number of fused-ring (bicyclic) bond motifs is 1. The molecule has 0 spiro atoms. The van der Waals surface area contributed by atoms with Crippen LogP contribution in [0, 0.1) is 6.92 Å². The number of rotatable bonds is 2. The molecule has 3 N–H and O–H groups in total. The van der Waals surface area contributed by atoms with Crippen LogP contribution in [-0.4, -0.2) is 55.9 Å². The van der Waals surface area contributed by atoms with Crippen molar-refractivity contribution in [3.63, 3.8) is 0 Å². The number of aryl methyl sites for hydroxylation is 2. The average Bonchev–Trinajstić information content (AvgIpc) is 3.01. The van der Waals surface area contributed by atoms with E-state index < -0.39 is 12.1 Å². The van der Waals surface area contributed by atoms with Crippen LogP contribution >= 0.6 is 0 Å². The lowest BCUT2D eigenvalue weighted by molar-refractivity contribution is -0.192. The molecule has 1 saturated heterocycles. The summed E-state index contributed by atoms with van der Waals surface area (Å²) in [7, 11) is 2.04. The number of alkyl halides is 3. The van der Waals surface area contributed by atoms with E-state index in [2.05, 4.69) is 37.6 Å². The molecule has 8 nitrogen and oxygen atoms in total. The molecule has 0 saturated carbocycles. The molecule has 1 fully saturated rings. The lowest BCUT2D eigenvalue weighted by Crippen LogP contribution is -2.40. The van der Waals surface area contributed by atoms with Crippen LogP contribution in [0.4, 0.5) is 19.1 Å². The Hall–Kier alpha value is -3.21. The third kappa shape index (κ3) is 5.29. The lowest BCUT2D eigenvalue weighted by atomic mass is 10.1. The second-order valence-electron chi connectivity index (χ2n) is 7.29. The Morgan fingerprint density at radius 1 is 1.19 bits per heavy atom. The Bertz CT molecular complexity index is 1070. The summed E-state index contributed by atoms with van der Waals surface area (Å²) in [6.07, 6.45) is -1.26. The van der Waals surface area contributed by atoms with Gasteiger partial charge >= 0.3 is 12.1 Å². The molecule has 0 unspecified atom stereocenters. The van der Waals surface area contributed by atoms with Crippen LogP contribution in [0.15, 0.2) is 30.5 Å². The van der Waals surface area contributed by atoms with E-state index in [0.29, 0.717) is 6.04 Å². The molecule has 3 aromatic rings. The third-order valence-electron chi connectivity index (χ3n) is 5.11. The number of carboxylic acid groups (broad SMARTS) is 1. The van der Waals surface area contributed by atoms with E-state index in [1.54, 1.807) is 0 Å². The summed E-state index contributed by atoms with van der Waals surface area (Å²) in [5, 5.41) is 7.12. The van der Waals surface area contributed by atoms with Gasteiger partial charge in [-0.15, -0.1) is 0 Å². The van der Waals surface area contributed by atoms with Gasteiger partial charge in [-0.3, -0.25) is 0 Å². The SMILES string of the molecule is Cc1nc2cc(-c3ccnc(N4CCC(N)CC4)n3)ccc2n1C.O=C(O)C(F)(F)F. The van der Waals surface area contributed by atoms with Gasteiger partial charge in [-0.2, -0.15) is 13.2 Å². The molecular formula is C20H23F3N6O2. The smallest absolute Gasteiger partial charge is 0.475 e. The van der Waals surface area contributed by atoms with Gasteiger partial charge in [0.15, 0.2) is 0 Å². The van der Waals surface area contributed by atoms with Crippen molar-refractivity contribution < 1.29 is 23.1 Å². The first-order valence-electron chi connectivity index (χ1n) is 9.63. The first kappa shape index (κ1) is 22.5. The van der Waals surface area contributed by atoms with Crippen molar-refractivity contribution >= 4 is 23.0 Å². The van der Waals surface area contributed by atoms with Crippen molar-refractivity contribution in [1.29, 1.82) is 0 Å². The highest BCUT2D eigenvalue weighted by atomic mass is 19.4. The van der Waals surface area contributed by atoms with E-state index in [0.717, 1.165) is 60.0 Å². The maximum atomic E-state index is 10.6. The fourth-order valence-corrected chi connectivity index (χ4v) is 3.24. The van der Waals surface area contributed by atoms with Gasteiger partial charge in [0.25, 0.3) is 0 Å². The zero-order chi connectivity index (χ0) is 22.8. The number of piperidine rings is 1. The Balaban J connectivity index is 0.000000339. The molecule has 3 heterocycles. The zero-order valence-electron chi connectivity index (χ0n) is 17.1. The topological polar surface area (TPSA) is 110 Å². The van der Waals surface area contributed by atoms with E-state index in [9.17, 15) is 13.2 Å². The van der Waals surface area contributed by atoms with E-state index >= 15 is 0 Å². The number of anilines is 1. The molecular weight excluding hydrogens is 413 g/mol. The van der Waals surface area contributed by atoms with E-state index in [-0.39, 0.29) is 0 Å². The number of aromatic nitrogens is 4.